The van der Waals surface area contributed by atoms with Gasteiger partial charge in [-0.1, -0.05) is 24.4 Å². The third-order valence-corrected chi connectivity index (χ3v) is 2.97. The van der Waals surface area contributed by atoms with Crippen LogP contribution in [0.5, 0.6) is 0 Å². The van der Waals surface area contributed by atoms with Crippen molar-refractivity contribution in [2.75, 3.05) is 5.32 Å². The highest BCUT2D eigenvalue weighted by Gasteiger charge is 2.06. The van der Waals surface area contributed by atoms with Crippen molar-refractivity contribution in [3.8, 4) is 0 Å². The van der Waals surface area contributed by atoms with Gasteiger partial charge in [-0.15, -0.1) is 0 Å². The van der Waals surface area contributed by atoms with Crippen LogP contribution in [0.2, 0.25) is 0 Å². The average molecular weight is 275 g/mol. The van der Waals surface area contributed by atoms with E-state index in [2.05, 4.69) is 10.3 Å². The highest BCUT2D eigenvalue weighted by atomic mass is 32.1. The minimum Gasteiger partial charge on any atom is -0.388 e. The number of halogens is 1. The fourth-order valence-electron chi connectivity index (χ4n) is 1.74. The zero-order valence-electron chi connectivity index (χ0n) is 10.4. The van der Waals surface area contributed by atoms with Crippen LogP contribution in [-0.2, 0) is 0 Å². The third-order valence-electron chi connectivity index (χ3n) is 2.77. The average Bonchev–Trinajstić information content (AvgIpc) is 2.39. The first-order valence-electron chi connectivity index (χ1n) is 5.84. The summed E-state index contributed by atoms with van der Waals surface area (Å²) in [5.41, 5.74) is 7.98. The molecular formula is C14H14FN3S. The molecule has 3 nitrogen and oxygen atoms in total. The summed E-state index contributed by atoms with van der Waals surface area (Å²) in [7, 11) is 0. The molecule has 0 aliphatic rings. The topological polar surface area (TPSA) is 50.9 Å². The van der Waals surface area contributed by atoms with Crippen molar-refractivity contribution in [1.29, 1.82) is 0 Å². The summed E-state index contributed by atoms with van der Waals surface area (Å²) in [6.45, 7) is 1.99. The lowest BCUT2D eigenvalue weighted by atomic mass is 10.1. The minimum atomic E-state index is -0.240. The summed E-state index contributed by atoms with van der Waals surface area (Å²) in [6, 6.07) is 10.1. The molecule has 5 heteroatoms. The second-order valence-corrected chi connectivity index (χ2v) is 4.65. The second-order valence-electron chi connectivity index (χ2n) is 4.21. The van der Waals surface area contributed by atoms with Crippen molar-refractivity contribution in [2.24, 2.45) is 5.73 Å². The smallest absolute Gasteiger partial charge is 0.123 e. The monoisotopic (exact) mass is 275 g/mol. The van der Waals surface area contributed by atoms with E-state index in [4.69, 9.17) is 18.0 Å². The Morgan fingerprint density at radius 2 is 2.00 bits per heavy atom. The lowest BCUT2D eigenvalue weighted by molar-refractivity contribution is 0.626. The summed E-state index contributed by atoms with van der Waals surface area (Å²) in [5.74, 6) is -0.240. The van der Waals surface area contributed by atoms with Crippen LogP contribution < -0.4 is 11.1 Å². The highest BCUT2D eigenvalue weighted by molar-refractivity contribution is 7.80. The number of pyridine rings is 1. The molecule has 0 aliphatic carbocycles. The zero-order valence-corrected chi connectivity index (χ0v) is 11.2. The maximum atomic E-state index is 12.9. The molecule has 1 unspecified atom stereocenters. The summed E-state index contributed by atoms with van der Waals surface area (Å²) < 4.78 is 12.9. The van der Waals surface area contributed by atoms with E-state index in [1.54, 1.807) is 24.4 Å². The van der Waals surface area contributed by atoms with Gasteiger partial charge in [0.2, 0.25) is 0 Å². The van der Waals surface area contributed by atoms with Crippen molar-refractivity contribution in [1.82, 2.24) is 4.98 Å². The van der Waals surface area contributed by atoms with E-state index in [9.17, 15) is 4.39 Å². The van der Waals surface area contributed by atoms with Gasteiger partial charge in [-0.25, -0.2) is 4.39 Å². The third kappa shape index (κ3) is 3.48. The van der Waals surface area contributed by atoms with Gasteiger partial charge in [0.1, 0.15) is 10.8 Å². The van der Waals surface area contributed by atoms with Crippen molar-refractivity contribution in [3.05, 3.63) is 59.7 Å². The maximum absolute atomic E-state index is 12.9. The van der Waals surface area contributed by atoms with Crippen LogP contribution in [0.4, 0.5) is 10.1 Å². The van der Waals surface area contributed by atoms with Gasteiger partial charge in [0, 0.05) is 17.9 Å². The first-order valence-corrected chi connectivity index (χ1v) is 6.25. The Labute approximate surface area is 116 Å². The van der Waals surface area contributed by atoms with Crippen molar-refractivity contribution >= 4 is 22.9 Å². The maximum Gasteiger partial charge on any atom is 0.123 e. The Bertz CT molecular complexity index is 583. The molecule has 1 heterocycles. The molecular weight excluding hydrogens is 261 g/mol. The molecule has 2 rings (SSSR count). The van der Waals surface area contributed by atoms with Crippen LogP contribution in [-0.4, -0.2) is 9.97 Å². The fourth-order valence-corrected chi connectivity index (χ4v) is 1.85. The summed E-state index contributed by atoms with van der Waals surface area (Å²) in [4.78, 5) is 4.34. The van der Waals surface area contributed by atoms with E-state index in [-0.39, 0.29) is 16.8 Å². The number of rotatable bonds is 4. The molecule has 0 amide bonds. The Morgan fingerprint density at radius 3 is 2.63 bits per heavy atom. The largest absolute Gasteiger partial charge is 0.388 e. The molecule has 1 aromatic carbocycles. The molecule has 98 valence electrons. The highest BCUT2D eigenvalue weighted by Crippen LogP contribution is 2.19. The number of anilines is 1. The van der Waals surface area contributed by atoms with Crippen LogP contribution in [0.15, 0.2) is 42.6 Å². The molecule has 19 heavy (non-hydrogen) atoms. The van der Waals surface area contributed by atoms with Gasteiger partial charge < -0.3 is 11.1 Å². The van der Waals surface area contributed by atoms with Gasteiger partial charge in [-0.3, -0.25) is 4.98 Å². The lowest BCUT2D eigenvalue weighted by Gasteiger charge is -2.16. The summed E-state index contributed by atoms with van der Waals surface area (Å²) in [6.07, 6.45) is 1.65. The molecule has 0 saturated carbocycles. The van der Waals surface area contributed by atoms with Gasteiger partial charge in [0.25, 0.3) is 0 Å². The molecule has 3 N–H and O–H groups in total. The second kappa shape index (κ2) is 5.75. The Kier molecular flexibility index (Phi) is 4.06. The number of thiocarbonyl (C=S) groups is 1. The van der Waals surface area contributed by atoms with Crippen LogP contribution in [0.1, 0.15) is 24.2 Å². The van der Waals surface area contributed by atoms with Crippen LogP contribution in [0, 0.1) is 5.82 Å². The molecule has 0 saturated heterocycles. The van der Waals surface area contributed by atoms with Crippen LogP contribution in [0.25, 0.3) is 0 Å². The molecule has 0 fully saturated rings. The molecule has 0 aliphatic heterocycles. The van der Waals surface area contributed by atoms with Crippen LogP contribution >= 0.6 is 12.2 Å². The standard InChI is InChI=1S/C14H14FN3S/c1-9(10-2-4-11(15)5-3-10)18-12-6-7-17-13(8-12)14(16)19/h2-9H,1H3,(H2,16,19)(H,17,18). The first kappa shape index (κ1) is 13.4. The Morgan fingerprint density at radius 1 is 1.32 bits per heavy atom. The molecule has 0 bridgehead atoms. The number of nitrogens with one attached hydrogen (secondary N) is 1. The summed E-state index contributed by atoms with van der Waals surface area (Å²) >= 11 is 4.89. The minimum absolute atomic E-state index is 0.0437. The van der Waals surface area contributed by atoms with Crippen molar-refractivity contribution in [2.45, 2.75) is 13.0 Å². The van der Waals surface area contributed by atoms with Crippen molar-refractivity contribution < 1.29 is 4.39 Å². The van der Waals surface area contributed by atoms with Gasteiger partial charge in [-0.2, -0.15) is 0 Å². The number of hydrogen-bond acceptors (Lipinski definition) is 3. The van der Waals surface area contributed by atoms with Gasteiger partial charge >= 0.3 is 0 Å². The SMILES string of the molecule is CC(Nc1ccnc(C(N)=S)c1)c1ccc(F)cc1. The first-order chi connectivity index (χ1) is 9.06. The molecule has 1 atom stereocenters. The normalized spacial score (nSPS) is 11.9. The Balaban J connectivity index is 2.14. The van der Waals surface area contributed by atoms with E-state index in [0.29, 0.717) is 5.69 Å². The number of aromatic nitrogens is 1. The zero-order chi connectivity index (χ0) is 13.8. The Hall–Kier alpha value is -2.01. The molecule has 2 aromatic rings. The number of nitrogens with two attached hydrogens (primary N) is 1. The molecule has 0 spiro atoms. The van der Waals surface area contributed by atoms with Gasteiger partial charge in [0.05, 0.1) is 5.69 Å². The van der Waals surface area contributed by atoms with Gasteiger partial charge in [0.15, 0.2) is 0 Å². The molecule has 1 aromatic heterocycles. The predicted molar refractivity (Wildman–Crippen MR) is 78.6 cm³/mol. The predicted octanol–water partition coefficient (Wildman–Crippen LogP) is 3.03. The van der Waals surface area contributed by atoms with Crippen LogP contribution in [0.3, 0.4) is 0 Å². The van der Waals surface area contributed by atoms with Crippen molar-refractivity contribution in [3.63, 3.8) is 0 Å². The quantitative estimate of drug-likeness (QED) is 0.842. The van der Waals surface area contributed by atoms with E-state index in [0.717, 1.165) is 11.3 Å². The number of nitrogens with zero attached hydrogens (tertiary/aromatic N) is 1. The van der Waals surface area contributed by atoms with E-state index >= 15 is 0 Å². The number of benzene rings is 1. The van der Waals surface area contributed by atoms with E-state index in [1.807, 2.05) is 13.0 Å². The number of hydrogen-bond donors (Lipinski definition) is 2. The fraction of sp³-hybridized carbons (Fsp3) is 0.143. The van der Waals surface area contributed by atoms with E-state index < -0.39 is 0 Å². The lowest BCUT2D eigenvalue weighted by Crippen LogP contribution is -2.13. The summed E-state index contributed by atoms with van der Waals surface area (Å²) in [5, 5.41) is 3.30. The van der Waals surface area contributed by atoms with Gasteiger partial charge in [-0.05, 0) is 36.8 Å². The molecule has 0 radical (unpaired) electrons. The van der Waals surface area contributed by atoms with E-state index in [1.165, 1.54) is 12.1 Å².